The minimum atomic E-state index is -0.773. The molecule has 0 aromatic heterocycles. The first kappa shape index (κ1) is 23.9. The zero-order valence-corrected chi connectivity index (χ0v) is 19.5. The third-order valence-corrected chi connectivity index (χ3v) is 6.04. The van der Waals surface area contributed by atoms with Crippen molar-refractivity contribution in [3.8, 4) is 0 Å². The summed E-state index contributed by atoms with van der Waals surface area (Å²) in [6.07, 6.45) is 7.98. The third-order valence-electron chi connectivity index (χ3n) is 6.04. The maximum Gasteiger partial charge on any atom is 0.143 e. The van der Waals surface area contributed by atoms with Crippen molar-refractivity contribution in [3.63, 3.8) is 0 Å². The second-order valence-electron chi connectivity index (χ2n) is 8.30. The highest BCUT2D eigenvalue weighted by atomic mass is 16.6. The predicted octanol–water partition coefficient (Wildman–Crippen LogP) is 6.47. The molecule has 3 atom stereocenters. The van der Waals surface area contributed by atoms with Crippen LogP contribution in [-0.4, -0.2) is 31.5 Å². The van der Waals surface area contributed by atoms with E-state index in [0.29, 0.717) is 19.6 Å². The number of ether oxygens (including phenoxy) is 3. The van der Waals surface area contributed by atoms with Gasteiger partial charge in [0.1, 0.15) is 11.7 Å². The summed E-state index contributed by atoms with van der Waals surface area (Å²) in [4.78, 5) is 0. The van der Waals surface area contributed by atoms with Gasteiger partial charge in [0.15, 0.2) is 0 Å². The first-order valence-corrected chi connectivity index (χ1v) is 11.8. The molecule has 0 saturated heterocycles. The third kappa shape index (κ3) is 5.28. The SMILES string of the molecule is C=CCO[C@@H]1C=C[C@@H](COC(c2ccccc2)(c2ccccc2)c2ccccc2)O[C@@H]1CC=C. The fourth-order valence-electron chi connectivity index (χ4n) is 4.47. The Hall–Kier alpha value is -3.24. The molecule has 0 unspecified atom stereocenters. The van der Waals surface area contributed by atoms with Crippen LogP contribution in [0.1, 0.15) is 23.1 Å². The van der Waals surface area contributed by atoms with Crippen molar-refractivity contribution < 1.29 is 14.2 Å². The number of rotatable bonds is 11. The van der Waals surface area contributed by atoms with Gasteiger partial charge in [0.05, 0.1) is 25.4 Å². The lowest BCUT2D eigenvalue weighted by Crippen LogP contribution is -2.41. The lowest BCUT2D eigenvalue weighted by atomic mass is 9.80. The van der Waals surface area contributed by atoms with E-state index in [-0.39, 0.29) is 18.3 Å². The minimum Gasteiger partial charge on any atom is -0.367 e. The van der Waals surface area contributed by atoms with E-state index in [1.807, 2.05) is 30.4 Å². The molecule has 174 valence electrons. The standard InChI is InChI=1S/C31H32O3/c1-3-14-30-29(32-23-4-2)22-21-28(34-30)24-33-31(25-15-8-5-9-16-25,26-17-10-6-11-18-26)27-19-12-7-13-20-27/h3-13,15-22,28-30H,1-2,14,23-24H2/t28-,29+,30+/m0/s1. The van der Waals surface area contributed by atoms with Gasteiger partial charge in [0.25, 0.3) is 0 Å². The highest BCUT2D eigenvalue weighted by Gasteiger charge is 2.38. The van der Waals surface area contributed by atoms with Crippen LogP contribution >= 0.6 is 0 Å². The second kappa shape index (κ2) is 11.8. The van der Waals surface area contributed by atoms with Gasteiger partial charge < -0.3 is 14.2 Å². The monoisotopic (exact) mass is 452 g/mol. The fraction of sp³-hybridized carbons (Fsp3) is 0.226. The van der Waals surface area contributed by atoms with E-state index < -0.39 is 5.60 Å². The average molecular weight is 453 g/mol. The molecule has 0 spiro atoms. The summed E-state index contributed by atoms with van der Waals surface area (Å²) in [5, 5.41) is 0. The van der Waals surface area contributed by atoms with Crippen molar-refractivity contribution in [2.75, 3.05) is 13.2 Å². The van der Waals surface area contributed by atoms with E-state index in [2.05, 4.69) is 92.0 Å². The van der Waals surface area contributed by atoms with Gasteiger partial charge in [-0.25, -0.2) is 0 Å². The first-order valence-electron chi connectivity index (χ1n) is 11.8. The summed E-state index contributed by atoms with van der Waals surface area (Å²) < 4.78 is 19.2. The maximum absolute atomic E-state index is 6.91. The largest absolute Gasteiger partial charge is 0.367 e. The molecule has 0 amide bonds. The Labute approximate surface area is 203 Å². The highest BCUT2D eigenvalue weighted by Crippen LogP contribution is 2.40. The molecule has 1 aliphatic rings. The number of hydrogen-bond acceptors (Lipinski definition) is 3. The Morgan fingerprint density at radius 1 is 0.735 bits per heavy atom. The van der Waals surface area contributed by atoms with E-state index in [4.69, 9.17) is 14.2 Å². The Morgan fingerprint density at radius 2 is 1.26 bits per heavy atom. The molecule has 0 N–H and O–H groups in total. The summed E-state index contributed by atoms with van der Waals surface area (Å²) in [7, 11) is 0. The molecule has 4 rings (SSSR count). The summed E-state index contributed by atoms with van der Waals surface area (Å²) in [6.45, 7) is 8.50. The molecular weight excluding hydrogens is 420 g/mol. The van der Waals surface area contributed by atoms with Crippen LogP contribution in [-0.2, 0) is 19.8 Å². The van der Waals surface area contributed by atoms with E-state index in [9.17, 15) is 0 Å². The van der Waals surface area contributed by atoms with Gasteiger partial charge >= 0.3 is 0 Å². The molecule has 0 bridgehead atoms. The molecule has 3 nitrogen and oxygen atoms in total. The zero-order chi connectivity index (χ0) is 23.6. The quantitative estimate of drug-likeness (QED) is 0.247. The smallest absolute Gasteiger partial charge is 0.143 e. The summed E-state index contributed by atoms with van der Waals surface area (Å²) >= 11 is 0. The van der Waals surface area contributed by atoms with Crippen molar-refractivity contribution in [2.45, 2.75) is 30.3 Å². The van der Waals surface area contributed by atoms with Gasteiger partial charge in [-0.2, -0.15) is 0 Å². The maximum atomic E-state index is 6.91. The van der Waals surface area contributed by atoms with Gasteiger partial charge in [0.2, 0.25) is 0 Å². The van der Waals surface area contributed by atoms with Crippen LogP contribution in [0.25, 0.3) is 0 Å². The van der Waals surface area contributed by atoms with E-state index >= 15 is 0 Å². The molecule has 1 heterocycles. The fourth-order valence-corrected chi connectivity index (χ4v) is 4.47. The van der Waals surface area contributed by atoms with Gasteiger partial charge in [-0.1, -0.05) is 115 Å². The Bertz CT molecular complexity index is 963. The Balaban J connectivity index is 1.68. The molecular formula is C31H32O3. The topological polar surface area (TPSA) is 27.7 Å². The molecule has 0 radical (unpaired) electrons. The molecule has 34 heavy (non-hydrogen) atoms. The number of hydrogen-bond donors (Lipinski definition) is 0. The van der Waals surface area contributed by atoms with E-state index in [0.717, 1.165) is 16.7 Å². The van der Waals surface area contributed by atoms with Crippen LogP contribution < -0.4 is 0 Å². The van der Waals surface area contributed by atoms with Gasteiger partial charge in [-0.05, 0) is 23.1 Å². The van der Waals surface area contributed by atoms with Crippen LogP contribution in [0.2, 0.25) is 0 Å². The zero-order valence-electron chi connectivity index (χ0n) is 19.5. The summed E-state index contributed by atoms with van der Waals surface area (Å²) in [6, 6.07) is 31.1. The highest BCUT2D eigenvalue weighted by molar-refractivity contribution is 5.47. The lowest BCUT2D eigenvalue weighted by Gasteiger charge is -2.38. The lowest BCUT2D eigenvalue weighted by molar-refractivity contribution is -0.112. The summed E-state index contributed by atoms with van der Waals surface area (Å²) in [5.41, 5.74) is 2.44. The van der Waals surface area contributed by atoms with Gasteiger partial charge in [-0.15, -0.1) is 13.2 Å². The van der Waals surface area contributed by atoms with Crippen molar-refractivity contribution >= 4 is 0 Å². The molecule has 0 aliphatic carbocycles. The van der Waals surface area contributed by atoms with Crippen molar-refractivity contribution in [3.05, 3.63) is 145 Å². The van der Waals surface area contributed by atoms with E-state index in [1.165, 1.54) is 0 Å². The molecule has 3 aromatic rings. The second-order valence-corrected chi connectivity index (χ2v) is 8.30. The van der Waals surface area contributed by atoms with E-state index in [1.54, 1.807) is 6.08 Å². The van der Waals surface area contributed by atoms with Crippen LogP contribution in [0, 0.1) is 0 Å². The Morgan fingerprint density at radius 3 is 1.74 bits per heavy atom. The van der Waals surface area contributed by atoms with Crippen LogP contribution in [0.4, 0.5) is 0 Å². The number of benzene rings is 3. The normalized spacial score (nSPS) is 20.1. The molecule has 0 fully saturated rings. The van der Waals surface area contributed by atoms with Gasteiger partial charge in [0, 0.05) is 0 Å². The molecule has 1 aliphatic heterocycles. The van der Waals surface area contributed by atoms with Crippen molar-refractivity contribution in [2.24, 2.45) is 0 Å². The average Bonchev–Trinajstić information content (AvgIpc) is 2.91. The van der Waals surface area contributed by atoms with Crippen molar-refractivity contribution in [1.82, 2.24) is 0 Å². The summed E-state index contributed by atoms with van der Waals surface area (Å²) in [5.74, 6) is 0. The molecule has 3 aromatic carbocycles. The minimum absolute atomic E-state index is 0.115. The van der Waals surface area contributed by atoms with Crippen LogP contribution in [0.15, 0.2) is 128 Å². The Kier molecular flexibility index (Phi) is 8.26. The molecule has 0 saturated carbocycles. The van der Waals surface area contributed by atoms with Crippen LogP contribution in [0.3, 0.4) is 0 Å². The molecule has 3 heteroatoms. The predicted molar refractivity (Wildman–Crippen MR) is 138 cm³/mol. The van der Waals surface area contributed by atoms with Crippen molar-refractivity contribution in [1.29, 1.82) is 0 Å². The first-order chi connectivity index (χ1) is 16.8. The van der Waals surface area contributed by atoms with Gasteiger partial charge in [-0.3, -0.25) is 0 Å². The van der Waals surface area contributed by atoms with Crippen LogP contribution in [0.5, 0.6) is 0 Å².